The van der Waals surface area contributed by atoms with Crippen molar-refractivity contribution in [2.45, 2.75) is 50.7 Å². The first-order chi connectivity index (χ1) is 12.8. The Hall–Kier alpha value is -2.52. The third kappa shape index (κ3) is 5.48. The molecule has 9 nitrogen and oxygen atoms in total. The SMILES string of the molecule is O=C(O)CC1(CC(=O)N[C@H](CO)[C@H](O)c2ccc([N+](=O)[O-])cc2)CCCC1. The van der Waals surface area contributed by atoms with Crippen LogP contribution in [0.2, 0.25) is 0 Å². The van der Waals surface area contributed by atoms with Gasteiger partial charge in [0.25, 0.3) is 5.69 Å². The third-order valence-electron chi connectivity index (χ3n) is 5.10. The van der Waals surface area contributed by atoms with Gasteiger partial charge in [0.05, 0.1) is 24.0 Å². The smallest absolute Gasteiger partial charge is 0.303 e. The Morgan fingerprint density at radius 2 is 1.78 bits per heavy atom. The van der Waals surface area contributed by atoms with Crippen molar-refractivity contribution in [1.82, 2.24) is 5.32 Å². The summed E-state index contributed by atoms with van der Waals surface area (Å²) in [6.07, 6.45) is 1.73. The molecule has 0 unspecified atom stereocenters. The molecular formula is C18H24N2O7. The van der Waals surface area contributed by atoms with Crippen LogP contribution < -0.4 is 5.32 Å². The molecule has 0 aliphatic heterocycles. The van der Waals surface area contributed by atoms with Crippen LogP contribution in [0.1, 0.15) is 50.2 Å². The Morgan fingerprint density at radius 3 is 2.26 bits per heavy atom. The summed E-state index contributed by atoms with van der Waals surface area (Å²) in [5, 5.41) is 42.3. The zero-order valence-corrected chi connectivity index (χ0v) is 14.8. The van der Waals surface area contributed by atoms with Crippen LogP contribution in [0, 0.1) is 15.5 Å². The number of carboxylic acid groups (broad SMARTS) is 1. The maximum atomic E-state index is 12.4. The van der Waals surface area contributed by atoms with Crippen molar-refractivity contribution < 1.29 is 29.8 Å². The Bertz CT molecular complexity index is 683. The first-order valence-electron chi connectivity index (χ1n) is 8.81. The molecule has 0 heterocycles. The quantitative estimate of drug-likeness (QED) is 0.375. The van der Waals surface area contributed by atoms with Gasteiger partial charge in [-0.1, -0.05) is 12.8 Å². The number of amides is 1. The number of nitrogens with one attached hydrogen (secondary N) is 1. The van der Waals surface area contributed by atoms with E-state index in [0.29, 0.717) is 18.4 Å². The summed E-state index contributed by atoms with van der Waals surface area (Å²) in [5.74, 6) is -1.38. The molecule has 1 fully saturated rings. The predicted octanol–water partition coefficient (Wildman–Crippen LogP) is 1.53. The lowest BCUT2D eigenvalue weighted by molar-refractivity contribution is -0.384. The largest absolute Gasteiger partial charge is 0.481 e. The van der Waals surface area contributed by atoms with Gasteiger partial charge in [-0.25, -0.2) is 0 Å². The first-order valence-corrected chi connectivity index (χ1v) is 8.81. The lowest BCUT2D eigenvalue weighted by Gasteiger charge is -2.28. The standard InChI is InChI=1S/C18H24N2O7/c21-11-14(17(25)12-3-5-13(6-4-12)20(26)27)19-15(22)9-18(10-16(23)24)7-1-2-8-18/h3-6,14,17,21,25H,1-2,7-11H2,(H,19,22)(H,23,24)/t14-,17-/m1/s1. The topological polar surface area (TPSA) is 150 Å². The number of aliphatic hydroxyl groups is 2. The van der Waals surface area contributed by atoms with Crippen LogP contribution in [0.15, 0.2) is 24.3 Å². The molecule has 0 bridgehead atoms. The minimum atomic E-state index is -1.25. The average molecular weight is 380 g/mol. The Balaban J connectivity index is 2.03. The van der Waals surface area contributed by atoms with E-state index in [2.05, 4.69) is 5.32 Å². The van der Waals surface area contributed by atoms with Crippen LogP contribution in [-0.4, -0.2) is 44.8 Å². The number of non-ortho nitro benzene ring substituents is 1. The fraction of sp³-hybridized carbons (Fsp3) is 0.556. The number of aliphatic carboxylic acids is 1. The highest BCUT2D eigenvalue weighted by Crippen LogP contribution is 2.44. The molecule has 1 aromatic carbocycles. The van der Waals surface area contributed by atoms with Crippen molar-refractivity contribution in [3.63, 3.8) is 0 Å². The van der Waals surface area contributed by atoms with Gasteiger partial charge >= 0.3 is 5.97 Å². The van der Waals surface area contributed by atoms with Crippen LogP contribution in [-0.2, 0) is 9.59 Å². The van der Waals surface area contributed by atoms with Crippen LogP contribution in [0.5, 0.6) is 0 Å². The van der Waals surface area contributed by atoms with E-state index in [1.807, 2.05) is 0 Å². The zero-order valence-electron chi connectivity index (χ0n) is 14.8. The molecule has 1 aromatic rings. The average Bonchev–Trinajstić information content (AvgIpc) is 3.06. The van der Waals surface area contributed by atoms with Crippen molar-refractivity contribution in [2.24, 2.45) is 5.41 Å². The molecule has 0 saturated heterocycles. The Morgan fingerprint density at radius 1 is 1.19 bits per heavy atom. The summed E-state index contributed by atoms with van der Waals surface area (Å²) in [7, 11) is 0. The molecule has 1 aliphatic carbocycles. The summed E-state index contributed by atoms with van der Waals surface area (Å²) in [6, 6.07) is 4.19. The lowest BCUT2D eigenvalue weighted by Crippen LogP contribution is -2.43. The molecule has 0 spiro atoms. The fourth-order valence-corrected chi connectivity index (χ4v) is 3.71. The van der Waals surface area contributed by atoms with Gasteiger partial charge in [-0.05, 0) is 36.0 Å². The fourth-order valence-electron chi connectivity index (χ4n) is 3.71. The molecule has 2 rings (SSSR count). The highest BCUT2D eigenvalue weighted by molar-refractivity contribution is 5.78. The molecule has 0 radical (unpaired) electrons. The lowest BCUT2D eigenvalue weighted by atomic mass is 9.79. The minimum Gasteiger partial charge on any atom is -0.481 e. The first kappa shape index (κ1) is 20.8. The number of hydrogen-bond donors (Lipinski definition) is 4. The summed E-state index contributed by atoms with van der Waals surface area (Å²) in [4.78, 5) is 33.7. The molecule has 1 amide bonds. The molecule has 4 N–H and O–H groups in total. The number of carbonyl (C=O) groups excluding carboxylic acids is 1. The Labute approximate surface area is 156 Å². The normalized spacial score (nSPS) is 17.9. The second-order valence-corrected chi connectivity index (χ2v) is 7.10. The van der Waals surface area contributed by atoms with E-state index in [1.165, 1.54) is 24.3 Å². The molecule has 9 heteroatoms. The molecule has 2 atom stereocenters. The summed E-state index contributed by atoms with van der Waals surface area (Å²) >= 11 is 0. The third-order valence-corrected chi connectivity index (χ3v) is 5.10. The van der Waals surface area contributed by atoms with Gasteiger partial charge in [-0.2, -0.15) is 0 Å². The monoisotopic (exact) mass is 380 g/mol. The van der Waals surface area contributed by atoms with Gasteiger partial charge in [0, 0.05) is 18.6 Å². The van der Waals surface area contributed by atoms with Gasteiger partial charge in [0.2, 0.25) is 5.91 Å². The maximum absolute atomic E-state index is 12.4. The number of carboxylic acids is 1. The van der Waals surface area contributed by atoms with E-state index in [4.69, 9.17) is 5.11 Å². The number of nitro benzene ring substituents is 1. The maximum Gasteiger partial charge on any atom is 0.303 e. The highest BCUT2D eigenvalue weighted by Gasteiger charge is 2.38. The van der Waals surface area contributed by atoms with Gasteiger partial charge in [0.1, 0.15) is 6.10 Å². The number of benzene rings is 1. The number of carbonyl (C=O) groups is 2. The van der Waals surface area contributed by atoms with Crippen LogP contribution >= 0.6 is 0 Å². The number of nitrogens with zero attached hydrogens (tertiary/aromatic N) is 1. The number of nitro groups is 1. The number of hydrogen-bond acceptors (Lipinski definition) is 6. The number of aliphatic hydroxyl groups excluding tert-OH is 2. The van der Waals surface area contributed by atoms with E-state index in [1.54, 1.807) is 0 Å². The van der Waals surface area contributed by atoms with Crippen molar-refractivity contribution in [2.75, 3.05) is 6.61 Å². The van der Waals surface area contributed by atoms with E-state index in [9.17, 15) is 29.9 Å². The minimum absolute atomic E-state index is 0.0166. The van der Waals surface area contributed by atoms with Crippen LogP contribution in [0.4, 0.5) is 5.69 Å². The van der Waals surface area contributed by atoms with E-state index >= 15 is 0 Å². The van der Waals surface area contributed by atoms with Gasteiger partial charge in [0.15, 0.2) is 0 Å². The summed E-state index contributed by atoms with van der Waals surface area (Å²) in [5.41, 5.74) is -0.401. The Kier molecular flexibility index (Phi) is 6.86. The van der Waals surface area contributed by atoms with Crippen LogP contribution in [0.25, 0.3) is 0 Å². The molecule has 148 valence electrons. The van der Waals surface area contributed by atoms with Crippen molar-refractivity contribution in [3.8, 4) is 0 Å². The molecule has 0 aromatic heterocycles. The molecule has 1 saturated carbocycles. The highest BCUT2D eigenvalue weighted by atomic mass is 16.6. The second kappa shape index (κ2) is 8.92. The second-order valence-electron chi connectivity index (χ2n) is 7.10. The predicted molar refractivity (Wildman–Crippen MR) is 94.8 cm³/mol. The van der Waals surface area contributed by atoms with E-state index in [0.717, 1.165) is 12.8 Å². The van der Waals surface area contributed by atoms with Gasteiger partial charge < -0.3 is 20.6 Å². The van der Waals surface area contributed by atoms with Gasteiger partial charge in [-0.3, -0.25) is 19.7 Å². The van der Waals surface area contributed by atoms with E-state index in [-0.39, 0.29) is 18.5 Å². The number of rotatable bonds is 9. The summed E-state index contributed by atoms with van der Waals surface area (Å²) in [6.45, 7) is -0.532. The van der Waals surface area contributed by atoms with Crippen LogP contribution in [0.3, 0.4) is 0 Å². The molecule has 27 heavy (non-hydrogen) atoms. The van der Waals surface area contributed by atoms with Gasteiger partial charge in [-0.15, -0.1) is 0 Å². The summed E-state index contributed by atoms with van der Waals surface area (Å²) < 4.78 is 0. The van der Waals surface area contributed by atoms with Crippen molar-refractivity contribution in [3.05, 3.63) is 39.9 Å². The molecular weight excluding hydrogens is 356 g/mol. The van der Waals surface area contributed by atoms with E-state index < -0.39 is 41.0 Å². The van der Waals surface area contributed by atoms with Crippen molar-refractivity contribution in [1.29, 1.82) is 0 Å². The molecule has 1 aliphatic rings. The zero-order chi connectivity index (χ0) is 20.0. The van der Waals surface area contributed by atoms with Crippen molar-refractivity contribution >= 4 is 17.6 Å².